The molecule has 1 atom stereocenters. The standard InChI is InChI=1S/C18H26FNO5/c1-7-10-20(16(23)25-17(2,3)4)18(5,15(21)22)12-8-9-14(24-6)13(19)11-12/h8-9,11H,7,10H2,1-6H3,(H,21,22). The van der Waals surface area contributed by atoms with E-state index >= 15 is 0 Å². The van der Waals surface area contributed by atoms with E-state index in [-0.39, 0.29) is 17.9 Å². The smallest absolute Gasteiger partial charge is 0.411 e. The molecule has 0 bridgehead atoms. The molecule has 0 aromatic heterocycles. The first-order chi connectivity index (χ1) is 11.5. The minimum atomic E-state index is -1.79. The molecular weight excluding hydrogens is 329 g/mol. The lowest BCUT2D eigenvalue weighted by molar-refractivity contribution is -0.151. The molecule has 1 rings (SSSR count). The maximum absolute atomic E-state index is 14.1. The van der Waals surface area contributed by atoms with Crippen molar-refractivity contribution < 1.29 is 28.6 Å². The van der Waals surface area contributed by atoms with E-state index in [9.17, 15) is 19.1 Å². The van der Waals surface area contributed by atoms with Gasteiger partial charge in [0.25, 0.3) is 0 Å². The van der Waals surface area contributed by atoms with E-state index in [0.717, 1.165) is 11.0 Å². The molecule has 0 spiro atoms. The number of nitrogens with zero attached hydrogens (tertiary/aromatic N) is 1. The first-order valence-electron chi connectivity index (χ1n) is 8.05. The number of aliphatic carboxylic acids is 1. The fourth-order valence-corrected chi connectivity index (χ4v) is 2.40. The van der Waals surface area contributed by atoms with Crippen molar-refractivity contribution in [2.24, 2.45) is 0 Å². The number of ether oxygens (including phenoxy) is 2. The van der Waals surface area contributed by atoms with Gasteiger partial charge in [-0.25, -0.2) is 14.0 Å². The van der Waals surface area contributed by atoms with Crippen molar-refractivity contribution in [1.29, 1.82) is 0 Å². The highest BCUT2D eigenvalue weighted by atomic mass is 19.1. The highest BCUT2D eigenvalue weighted by Crippen LogP contribution is 2.33. The number of carboxylic acids is 1. The fourth-order valence-electron chi connectivity index (χ4n) is 2.40. The van der Waals surface area contributed by atoms with Gasteiger partial charge in [0.15, 0.2) is 17.1 Å². The lowest BCUT2D eigenvalue weighted by atomic mass is 9.89. The summed E-state index contributed by atoms with van der Waals surface area (Å²) in [7, 11) is 1.32. The van der Waals surface area contributed by atoms with Crippen molar-refractivity contribution in [3.8, 4) is 5.75 Å². The molecule has 0 aliphatic rings. The van der Waals surface area contributed by atoms with Crippen molar-refractivity contribution in [3.05, 3.63) is 29.6 Å². The molecule has 7 heteroatoms. The molecule has 1 aromatic carbocycles. The molecule has 1 aromatic rings. The summed E-state index contributed by atoms with van der Waals surface area (Å²) in [6.45, 7) is 8.40. The minimum absolute atomic E-state index is 0.00389. The fraction of sp³-hybridized carbons (Fsp3) is 0.556. The van der Waals surface area contributed by atoms with Crippen LogP contribution in [-0.2, 0) is 15.1 Å². The number of rotatable bonds is 6. The molecule has 6 nitrogen and oxygen atoms in total. The third kappa shape index (κ3) is 4.61. The van der Waals surface area contributed by atoms with Crippen LogP contribution in [-0.4, -0.2) is 41.3 Å². The van der Waals surface area contributed by atoms with Gasteiger partial charge in [-0.05, 0) is 51.8 Å². The van der Waals surface area contributed by atoms with Gasteiger partial charge in [0, 0.05) is 6.54 Å². The zero-order valence-electron chi connectivity index (χ0n) is 15.6. The van der Waals surface area contributed by atoms with Gasteiger partial charge in [-0.3, -0.25) is 4.90 Å². The molecule has 0 fully saturated rings. The Morgan fingerprint density at radius 1 is 1.24 bits per heavy atom. The lowest BCUT2D eigenvalue weighted by Gasteiger charge is -2.39. The van der Waals surface area contributed by atoms with Crippen LogP contribution in [0.1, 0.15) is 46.6 Å². The van der Waals surface area contributed by atoms with Gasteiger partial charge in [-0.1, -0.05) is 13.0 Å². The first kappa shape index (κ1) is 20.7. The molecule has 1 amide bonds. The maximum Gasteiger partial charge on any atom is 0.411 e. The van der Waals surface area contributed by atoms with Crippen molar-refractivity contribution in [1.82, 2.24) is 4.90 Å². The summed E-state index contributed by atoms with van der Waals surface area (Å²) in [5, 5.41) is 9.84. The summed E-state index contributed by atoms with van der Waals surface area (Å²) in [4.78, 5) is 25.8. The second-order valence-electron chi connectivity index (χ2n) is 6.86. The van der Waals surface area contributed by atoms with Gasteiger partial charge in [0.05, 0.1) is 7.11 Å². The Hall–Kier alpha value is -2.31. The molecular formula is C18H26FNO5. The molecule has 25 heavy (non-hydrogen) atoms. The van der Waals surface area contributed by atoms with E-state index in [4.69, 9.17) is 9.47 Å². The van der Waals surface area contributed by atoms with E-state index in [2.05, 4.69) is 0 Å². The number of hydrogen-bond acceptors (Lipinski definition) is 4. The average Bonchev–Trinajstić information content (AvgIpc) is 2.49. The summed E-state index contributed by atoms with van der Waals surface area (Å²) < 4.78 is 24.3. The number of carbonyl (C=O) groups is 2. The van der Waals surface area contributed by atoms with E-state index < -0.39 is 29.0 Å². The van der Waals surface area contributed by atoms with Gasteiger partial charge in [0.1, 0.15) is 5.60 Å². The number of hydrogen-bond donors (Lipinski definition) is 1. The molecule has 0 aliphatic heterocycles. The van der Waals surface area contributed by atoms with Crippen LogP contribution >= 0.6 is 0 Å². The van der Waals surface area contributed by atoms with Crippen LogP contribution in [0.4, 0.5) is 9.18 Å². The Bertz CT molecular complexity index is 641. The van der Waals surface area contributed by atoms with Crippen LogP contribution < -0.4 is 4.74 Å². The van der Waals surface area contributed by atoms with Crippen LogP contribution in [0.3, 0.4) is 0 Å². The number of methoxy groups -OCH3 is 1. The van der Waals surface area contributed by atoms with Crippen molar-refractivity contribution >= 4 is 12.1 Å². The molecule has 1 N–H and O–H groups in total. The monoisotopic (exact) mass is 355 g/mol. The second kappa shape index (κ2) is 7.72. The van der Waals surface area contributed by atoms with E-state index in [1.54, 1.807) is 20.8 Å². The van der Waals surface area contributed by atoms with Gasteiger partial charge in [-0.2, -0.15) is 0 Å². The average molecular weight is 355 g/mol. The van der Waals surface area contributed by atoms with Gasteiger partial charge in [0.2, 0.25) is 0 Å². The lowest BCUT2D eigenvalue weighted by Crippen LogP contribution is -2.54. The topological polar surface area (TPSA) is 76.1 Å². The second-order valence-corrected chi connectivity index (χ2v) is 6.86. The largest absolute Gasteiger partial charge is 0.494 e. The predicted molar refractivity (Wildman–Crippen MR) is 91.2 cm³/mol. The Balaban J connectivity index is 3.43. The molecule has 0 heterocycles. The molecule has 140 valence electrons. The molecule has 1 unspecified atom stereocenters. The Morgan fingerprint density at radius 3 is 2.24 bits per heavy atom. The molecule has 0 radical (unpaired) electrons. The molecule has 0 saturated heterocycles. The van der Waals surface area contributed by atoms with Gasteiger partial charge in [-0.15, -0.1) is 0 Å². The normalized spacial score (nSPS) is 13.7. The van der Waals surface area contributed by atoms with Crippen molar-refractivity contribution in [2.45, 2.75) is 52.2 Å². The van der Waals surface area contributed by atoms with Crippen LogP contribution in [0.25, 0.3) is 0 Å². The van der Waals surface area contributed by atoms with E-state index in [1.807, 2.05) is 6.92 Å². The quantitative estimate of drug-likeness (QED) is 0.840. The highest BCUT2D eigenvalue weighted by Gasteiger charge is 2.45. The SMILES string of the molecule is CCCN(C(=O)OC(C)(C)C)C(C)(C(=O)O)c1ccc(OC)c(F)c1. The van der Waals surface area contributed by atoms with Crippen LogP contribution in [0.5, 0.6) is 5.75 Å². The zero-order chi connectivity index (χ0) is 19.4. The summed E-state index contributed by atoms with van der Waals surface area (Å²) >= 11 is 0. The number of carbonyl (C=O) groups excluding carboxylic acids is 1. The number of halogens is 1. The van der Waals surface area contributed by atoms with E-state index in [0.29, 0.717) is 6.42 Å². The van der Waals surface area contributed by atoms with Crippen molar-refractivity contribution in [3.63, 3.8) is 0 Å². The van der Waals surface area contributed by atoms with Crippen molar-refractivity contribution in [2.75, 3.05) is 13.7 Å². The van der Waals surface area contributed by atoms with Crippen LogP contribution in [0.15, 0.2) is 18.2 Å². The Kier molecular flexibility index (Phi) is 6.40. The maximum atomic E-state index is 14.1. The van der Waals surface area contributed by atoms with Gasteiger partial charge < -0.3 is 14.6 Å². The minimum Gasteiger partial charge on any atom is -0.494 e. The van der Waals surface area contributed by atoms with E-state index in [1.165, 1.54) is 26.2 Å². The Labute approximate surface area is 147 Å². The predicted octanol–water partition coefficient (Wildman–Crippen LogP) is 3.78. The summed E-state index contributed by atoms with van der Waals surface area (Å²) in [6.07, 6.45) is -0.253. The third-order valence-electron chi connectivity index (χ3n) is 3.73. The molecule has 0 aliphatic carbocycles. The number of carboxylic acid groups (broad SMARTS) is 1. The zero-order valence-corrected chi connectivity index (χ0v) is 15.6. The summed E-state index contributed by atoms with van der Waals surface area (Å²) in [5.74, 6) is -1.99. The first-order valence-corrected chi connectivity index (χ1v) is 8.05. The van der Waals surface area contributed by atoms with Crippen LogP contribution in [0, 0.1) is 5.82 Å². The third-order valence-corrected chi connectivity index (χ3v) is 3.73. The molecule has 0 saturated carbocycles. The number of benzene rings is 1. The summed E-state index contributed by atoms with van der Waals surface area (Å²) in [5.41, 5.74) is -2.45. The van der Waals surface area contributed by atoms with Crippen LogP contribution in [0.2, 0.25) is 0 Å². The Morgan fingerprint density at radius 2 is 1.84 bits per heavy atom. The number of amides is 1. The highest BCUT2D eigenvalue weighted by molar-refractivity contribution is 5.85. The summed E-state index contributed by atoms with van der Waals surface area (Å²) in [6, 6.07) is 3.84. The van der Waals surface area contributed by atoms with Gasteiger partial charge >= 0.3 is 12.1 Å².